The molecular weight excluding hydrogens is 199 g/mol. The average molecular weight is 205 g/mol. The fourth-order valence-corrected chi connectivity index (χ4v) is 1.01. The highest BCUT2D eigenvalue weighted by Gasteiger charge is 2.33. The van der Waals surface area contributed by atoms with E-state index in [0.717, 1.165) is 4.57 Å². The Morgan fingerprint density at radius 1 is 1.46 bits per heavy atom. The Bertz CT molecular complexity index is 309. The molecule has 0 aliphatic heterocycles. The van der Waals surface area contributed by atoms with Crippen LogP contribution in [0.15, 0.2) is 24.5 Å². The summed E-state index contributed by atoms with van der Waals surface area (Å²) in [7, 11) is 0. The summed E-state index contributed by atoms with van der Waals surface area (Å²) in [4.78, 5) is 0. The topological polar surface area (TPSA) is 3.88 Å². The Kier molecular flexibility index (Phi) is 2.98. The van der Waals surface area contributed by atoms with Crippen LogP contribution in [0, 0.1) is 0 Å². The van der Waals surface area contributed by atoms with Crippen LogP contribution in [0.4, 0.5) is 13.2 Å². The molecule has 0 aliphatic carbocycles. The molecule has 69 valence electrons. The van der Waals surface area contributed by atoms with E-state index in [0.29, 0.717) is 5.56 Å². The molecule has 0 bridgehead atoms. The molecule has 0 spiro atoms. The second-order valence-electron chi connectivity index (χ2n) is 2.48. The molecule has 1 radical (unpaired) electrons. The Labute approximate surface area is 78.8 Å². The van der Waals surface area contributed by atoms with Crippen molar-refractivity contribution in [1.82, 2.24) is 0 Å². The Morgan fingerprint density at radius 2 is 2.15 bits per heavy atom. The molecule has 0 amide bonds. The molecule has 0 aliphatic rings. The summed E-state index contributed by atoms with van der Waals surface area (Å²) < 4.78 is 36.8. The van der Waals surface area contributed by atoms with Gasteiger partial charge in [0.1, 0.15) is 0 Å². The maximum atomic E-state index is 11.9. The third-order valence-electron chi connectivity index (χ3n) is 1.34. The lowest BCUT2D eigenvalue weighted by atomic mass is 10.3. The summed E-state index contributed by atoms with van der Waals surface area (Å²) in [6.07, 6.45) is -1.56. The Hall–Kier alpha value is -0.970. The van der Waals surface area contributed by atoms with Crippen molar-refractivity contribution in [3.05, 3.63) is 30.1 Å². The van der Waals surface area contributed by atoms with Crippen molar-refractivity contribution in [2.75, 3.05) is 0 Å². The van der Waals surface area contributed by atoms with Crippen LogP contribution in [0.5, 0.6) is 0 Å². The second kappa shape index (κ2) is 3.83. The van der Waals surface area contributed by atoms with E-state index in [-0.39, 0.29) is 0 Å². The van der Waals surface area contributed by atoms with Gasteiger partial charge in [0.25, 0.3) is 0 Å². The largest absolute Gasteiger partial charge is 0.448 e. The molecule has 0 unspecified atom stereocenters. The average Bonchev–Trinajstić information content (AvgIpc) is 2.01. The minimum atomic E-state index is -4.20. The van der Waals surface area contributed by atoms with Gasteiger partial charge in [0, 0.05) is 6.07 Å². The van der Waals surface area contributed by atoms with Gasteiger partial charge in [-0.15, -0.1) is 0 Å². The summed E-state index contributed by atoms with van der Waals surface area (Å²) in [5.74, 6) is 0. The van der Waals surface area contributed by atoms with E-state index in [1.54, 1.807) is 6.07 Å². The van der Waals surface area contributed by atoms with Crippen LogP contribution >= 0.6 is 12.2 Å². The molecule has 1 aromatic rings. The smallest absolute Gasteiger partial charge is 0.195 e. The number of pyridine rings is 1. The third kappa shape index (κ3) is 3.50. The number of alkyl halides is 3. The van der Waals surface area contributed by atoms with Crippen molar-refractivity contribution in [3.8, 4) is 0 Å². The lowest BCUT2D eigenvalue weighted by Crippen LogP contribution is -2.41. The van der Waals surface area contributed by atoms with Crippen LogP contribution in [0.1, 0.15) is 5.56 Å². The van der Waals surface area contributed by atoms with Crippen molar-refractivity contribution >= 4 is 17.6 Å². The number of nitrogens with zero attached hydrogens (tertiary/aromatic N) is 1. The molecule has 1 heterocycles. The minimum Gasteiger partial charge on any atom is -0.195 e. The molecule has 13 heavy (non-hydrogen) atoms. The molecule has 0 saturated carbocycles. The van der Waals surface area contributed by atoms with Crippen molar-refractivity contribution < 1.29 is 17.7 Å². The zero-order valence-electron chi connectivity index (χ0n) is 6.51. The highest BCUT2D eigenvalue weighted by molar-refractivity contribution is 7.79. The number of hydrogen-bond donors (Lipinski definition) is 0. The Morgan fingerprint density at radius 3 is 2.69 bits per heavy atom. The fraction of sp³-hybridized carbons (Fsp3) is 0.250. The van der Waals surface area contributed by atoms with Gasteiger partial charge in [-0.05, 0) is 6.07 Å². The van der Waals surface area contributed by atoms with Crippen LogP contribution in [-0.4, -0.2) is 11.5 Å². The number of thiocarbonyl (C=S) groups is 1. The van der Waals surface area contributed by atoms with E-state index < -0.39 is 12.7 Å². The summed E-state index contributed by atoms with van der Waals surface area (Å²) in [6, 6.07) is 3.10. The van der Waals surface area contributed by atoms with E-state index in [1.807, 2.05) is 0 Å². The monoisotopic (exact) mass is 205 g/mol. The maximum absolute atomic E-state index is 11.9. The molecule has 1 rings (SSSR count). The number of halogens is 3. The first-order valence-corrected chi connectivity index (χ1v) is 3.86. The van der Waals surface area contributed by atoms with Crippen molar-refractivity contribution in [2.24, 2.45) is 0 Å². The first-order valence-electron chi connectivity index (χ1n) is 3.45. The summed E-state index contributed by atoms with van der Waals surface area (Å²) >= 11 is 4.47. The number of hydrogen-bond acceptors (Lipinski definition) is 1. The van der Waals surface area contributed by atoms with Crippen LogP contribution < -0.4 is 4.57 Å². The molecule has 0 N–H and O–H groups in total. The van der Waals surface area contributed by atoms with Crippen molar-refractivity contribution in [3.63, 3.8) is 0 Å². The van der Waals surface area contributed by atoms with Gasteiger partial charge < -0.3 is 0 Å². The molecular formula is C8H6F3NS+. The van der Waals surface area contributed by atoms with Crippen LogP contribution in [0.2, 0.25) is 0 Å². The first-order chi connectivity index (χ1) is 6.01. The highest BCUT2D eigenvalue weighted by Crippen LogP contribution is 2.13. The van der Waals surface area contributed by atoms with Crippen molar-refractivity contribution in [2.45, 2.75) is 12.7 Å². The normalized spacial score (nSPS) is 11.3. The van der Waals surface area contributed by atoms with Gasteiger partial charge in [0.15, 0.2) is 12.4 Å². The fourth-order valence-electron chi connectivity index (χ4n) is 0.888. The summed E-state index contributed by atoms with van der Waals surface area (Å²) in [6.45, 7) is -1.00. The molecule has 0 atom stereocenters. The van der Waals surface area contributed by atoms with E-state index >= 15 is 0 Å². The highest BCUT2D eigenvalue weighted by atomic mass is 32.1. The van der Waals surface area contributed by atoms with Crippen molar-refractivity contribution in [1.29, 1.82) is 0 Å². The summed E-state index contributed by atoms with van der Waals surface area (Å²) in [5.41, 5.74) is 0.474. The van der Waals surface area contributed by atoms with E-state index in [1.165, 1.54) is 18.5 Å². The molecule has 1 aromatic heterocycles. The number of aromatic nitrogens is 1. The zero-order chi connectivity index (χ0) is 9.90. The third-order valence-corrected chi connectivity index (χ3v) is 1.57. The second-order valence-corrected chi connectivity index (χ2v) is 2.69. The van der Waals surface area contributed by atoms with Crippen LogP contribution in [-0.2, 0) is 6.54 Å². The minimum absolute atomic E-state index is 0.474. The predicted molar refractivity (Wildman–Crippen MR) is 44.4 cm³/mol. The summed E-state index contributed by atoms with van der Waals surface area (Å²) in [5, 5.41) is 2.35. The molecule has 1 nitrogen and oxygen atoms in total. The van der Waals surface area contributed by atoms with Gasteiger partial charge in [-0.2, -0.15) is 17.7 Å². The lowest BCUT2D eigenvalue weighted by Gasteiger charge is -2.01. The predicted octanol–water partition coefficient (Wildman–Crippen LogP) is 1.76. The Balaban J connectivity index is 2.84. The van der Waals surface area contributed by atoms with E-state index in [4.69, 9.17) is 0 Å². The zero-order valence-corrected chi connectivity index (χ0v) is 7.32. The van der Waals surface area contributed by atoms with Gasteiger partial charge in [0.2, 0.25) is 6.54 Å². The maximum Gasteiger partial charge on any atom is 0.448 e. The molecule has 5 heteroatoms. The van der Waals surface area contributed by atoms with Gasteiger partial charge in [0.05, 0.1) is 10.9 Å². The van der Waals surface area contributed by atoms with Gasteiger partial charge in [-0.25, -0.2) is 0 Å². The molecule has 0 saturated heterocycles. The van der Waals surface area contributed by atoms with Crippen LogP contribution in [0.25, 0.3) is 0 Å². The van der Waals surface area contributed by atoms with Gasteiger partial charge in [-0.1, -0.05) is 12.2 Å². The molecule has 0 fully saturated rings. The molecule has 0 aromatic carbocycles. The quantitative estimate of drug-likeness (QED) is 0.525. The standard InChI is InChI=1S/C8H6F3NS/c9-8(10,11)6-12-3-1-2-7(4-12)5-13/h1-4H,6H2/q+1. The first kappa shape index (κ1) is 10.1. The SMILES string of the molecule is FC(F)(F)C[n+]1cccc([C]=S)c1. The van der Waals surface area contributed by atoms with E-state index in [2.05, 4.69) is 17.6 Å². The number of rotatable bonds is 2. The van der Waals surface area contributed by atoms with Gasteiger partial charge >= 0.3 is 6.18 Å². The van der Waals surface area contributed by atoms with Gasteiger partial charge in [-0.3, -0.25) is 0 Å². The van der Waals surface area contributed by atoms with Crippen LogP contribution in [0.3, 0.4) is 0 Å². The lowest BCUT2D eigenvalue weighted by molar-refractivity contribution is -0.719. The van der Waals surface area contributed by atoms with E-state index in [9.17, 15) is 13.2 Å².